The number of thioether (sulfide) groups is 1. The normalized spacial score (nSPS) is 17.4. The summed E-state index contributed by atoms with van der Waals surface area (Å²) in [6.07, 6.45) is 3.39. The van der Waals surface area contributed by atoms with E-state index in [1.807, 2.05) is 0 Å². The zero-order valence-electron chi connectivity index (χ0n) is 13.1. The number of aromatic nitrogens is 2. The zero-order valence-corrected chi connectivity index (χ0v) is 14.7. The molecule has 0 bridgehead atoms. The van der Waals surface area contributed by atoms with Crippen LogP contribution < -0.4 is 10.2 Å². The van der Waals surface area contributed by atoms with Crippen molar-refractivity contribution in [1.29, 1.82) is 0 Å². The van der Waals surface area contributed by atoms with Gasteiger partial charge >= 0.3 is 0 Å². The van der Waals surface area contributed by atoms with E-state index in [0.717, 1.165) is 24.6 Å². The van der Waals surface area contributed by atoms with E-state index in [2.05, 4.69) is 58.7 Å². The first-order chi connectivity index (χ1) is 10.0. The van der Waals surface area contributed by atoms with Crippen molar-refractivity contribution < 1.29 is 0 Å². The van der Waals surface area contributed by atoms with E-state index < -0.39 is 0 Å². The third-order valence-corrected chi connectivity index (χ3v) is 5.45. The van der Waals surface area contributed by atoms with Crippen LogP contribution in [0.15, 0.2) is 11.6 Å². The van der Waals surface area contributed by atoms with E-state index >= 15 is 0 Å². The van der Waals surface area contributed by atoms with Crippen LogP contribution in [0.4, 0.5) is 5.82 Å². The number of nitrogens with zero attached hydrogens (tertiary/aromatic N) is 3. The standard InChI is InChI=1S/C15H24N4S2/c1-15(2,3)16-11-12-13(17-14-19(12)7-10-21-14)18-5-4-8-20-9-6-18/h7,10,16H,4-6,8-9,11H2,1-3H3. The van der Waals surface area contributed by atoms with Crippen molar-refractivity contribution in [1.82, 2.24) is 14.7 Å². The van der Waals surface area contributed by atoms with Gasteiger partial charge in [-0.15, -0.1) is 11.3 Å². The molecule has 116 valence electrons. The second-order valence-electron chi connectivity index (χ2n) is 6.49. The predicted molar refractivity (Wildman–Crippen MR) is 93.8 cm³/mol. The predicted octanol–water partition coefficient (Wildman–Crippen LogP) is 3.23. The maximum Gasteiger partial charge on any atom is 0.195 e. The lowest BCUT2D eigenvalue weighted by molar-refractivity contribution is 0.420. The third kappa shape index (κ3) is 3.55. The van der Waals surface area contributed by atoms with Gasteiger partial charge in [-0.1, -0.05) is 0 Å². The number of thiazole rings is 1. The Kier molecular flexibility index (Phi) is 4.47. The molecule has 4 nitrogen and oxygen atoms in total. The first-order valence-corrected chi connectivity index (χ1v) is 9.60. The fourth-order valence-corrected chi connectivity index (χ4v) is 4.16. The Bertz CT molecular complexity index is 588. The molecule has 0 unspecified atom stereocenters. The highest BCUT2D eigenvalue weighted by Gasteiger charge is 2.21. The van der Waals surface area contributed by atoms with Crippen molar-refractivity contribution in [2.24, 2.45) is 0 Å². The molecule has 6 heteroatoms. The van der Waals surface area contributed by atoms with E-state index in [1.54, 1.807) is 11.3 Å². The molecule has 0 aromatic carbocycles. The minimum Gasteiger partial charge on any atom is -0.354 e. The van der Waals surface area contributed by atoms with Gasteiger partial charge in [0, 0.05) is 42.5 Å². The Morgan fingerprint density at radius 2 is 2.14 bits per heavy atom. The van der Waals surface area contributed by atoms with Crippen LogP contribution in [0.1, 0.15) is 32.9 Å². The number of fused-ring (bicyclic) bond motifs is 1. The number of nitrogens with one attached hydrogen (secondary N) is 1. The largest absolute Gasteiger partial charge is 0.354 e. The van der Waals surface area contributed by atoms with Crippen LogP contribution in [0, 0.1) is 0 Å². The number of imidazole rings is 1. The van der Waals surface area contributed by atoms with Crippen LogP contribution in [0.3, 0.4) is 0 Å². The maximum atomic E-state index is 4.90. The summed E-state index contributed by atoms with van der Waals surface area (Å²) in [4.78, 5) is 8.47. The summed E-state index contributed by atoms with van der Waals surface area (Å²) >= 11 is 3.77. The minimum absolute atomic E-state index is 0.117. The number of rotatable bonds is 3. The summed E-state index contributed by atoms with van der Waals surface area (Å²) in [5.41, 5.74) is 1.42. The van der Waals surface area contributed by atoms with Gasteiger partial charge < -0.3 is 10.2 Å². The molecule has 0 atom stereocenters. The molecule has 2 aromatic rings. The van der Waals surface area contributed by atoms with Gasteiger partial charge in [-0.25, -0.2) is 4.98 Å². The first-order valence-electron chi connectivity index (χ1n) is 7.57. The van der Waals surface area contributed by atoms with Gasteiger partial charge in [0.15, 0.2) is 10.8 Å². The summed E-state index contributed by atoms with van der Waals surface area (Å²) in [5.74, 6) is 3.66. The van der Waals surface area contributed by atoms with Crippen molar-refractivity contribution in [3.63, 3.8) is 0 Å². The molecule has 3 rings (SSSR count). The van der Waals surface area contributed by atoms with Gasteiger partial charge in [-0.05, 0) is 32.9 Å². The molecule has 1 saturated heterocycles. The summed E-state index contributed by atoms with van der Waals surface area (Å²) in [7, 11) is 0. The van der Waals surface area contributed by atoms with Gasteiger partial charge in [0.1, 0.15) is 0 Å². The van der Waals surface area contributed by atoms with Crippen LogP contribution in [0.2, 0.25) is 0 Å². The Morgan fingerprint density at radius 3 is 2.95 bits per heavy atom. The SMILES string of the molecule is CC(C)(C)NCc1c(N2CCCSCC2)nc2sccn12. The second-order valence-corrected chi connectivity index (χ2v) is 8.59. The monoisotopic (exact) mass is 324 g/mol. The highest BCUT2D eigenvalue weighted by molar-refractivity contribution is 7.99. The molecule has 0 spiro atoms. The number of hydrogen-bond donors (Lipinski definition) is 1. The highest BCUT2D eigenvalue weighted by atomic mass is 32.2. The lowest BCUT2D eigenvalue weighted by Crippen LogP contribution is -2.36. The highest BCUT2D eigenvalue weighted by Crippen LogP contribution is 2.27. The quantitative estimate of drug-likeness (QED) is 0.939. The Balaban J connectivity index is 1.90. The van der Waals surface area contributed by atoms with Crippen LogP contribution in [0.5, 0.6) is 0 Å². The Hall–Kier alpha value is -0.720. The third-order valence-electron chi connectivity index (χ3n) is 3.65. The van der Waals surface area contributed by atoms with Crippen LogP contribution in [-0.2, 0) is 6.54 Å². The summed E-state index contributed by atoms with van der Waals surface area (Å²) in [5, 5.41) is 5.73. The molecule has 1 fully saturated rings. The molecule has 0 radical (unpaired) electrons. The maximum absolute atomic E-state index is 4.90. The molecule has 1 aliphatic heterocycles. The summed E-state index contributed by atoms with van der Waals surface area (Å²) < 4.78 is 2.25. The van der Waals surface area contributed by atoms with Crippen molar-refractivity contribution in [2.75, 3.05) is 29.5 Å². The average molecular weight is 325 g/mol. The average Bonchev–Trinajstić information content (AvgIpc) is 2.87. The molecular weight excluding hydrogens is 300 g/mol. The van der Waals surface area contributed by atoms with Crippen molar-refractivity contribution in [2.45, 2.75) is 39.3 Å². The van der Waals surface area contributed by atoms with E-state index in [4.69, 9.17) is 4.98 Å². The molecule has 1 N–H and O–H groups in total. The molecule has 21 heavy (non-hydrogen) atoms. The summed E-state index contributed by atoms with van der Waals surface area (Å²) in [6.45, 7) is 9.72. The van der Waals surface area contributed by atoms with E-state index in [1.165, 1.54) is 29.4 Å². The smallest absolute Gasteiger partial charge is 0.195 e. The molecular formula is C15H24N4S2. The fourth-order valence-electron chi connectivity index (χ4n) is 2.55. The minimum atomic E-state index is 0.117. The van der Waals surface area contributed by atoms with Crippen molar-refractivity contribution >= 4 is 33.9 Å². The van der Waals surface area contributed by atoms with Crippen LogP contribution >= 0.6 is 23.1 Å². The van der Waals surface area contributed by atoms with Crippen molar-refractivity contribution in [3.05, 3.63) is 17.3 Å². The number of hydrogen-bond acceptors (Lipinski definition) is 5. The van der Waals surface area contributed by atoms with Gasteiger partial charge in [-0.3, -0.25) is 4.40 Å². The van der Waals surface area contributed by atoms with Gasteiger partial charge in [0.25, 0.3) is 0 Å². The first kappa shape index (κ1) is 15.2. The van der Waals surface area contributed by atoms with Crippen LogP contribution in [-0.4, -0.2) is 39.5 Å². The van der Waals surface area contributed by atoms with Crippen molar-refractivity contribution in [3.8, 4) is 0 Å². The number of anilines is 1. The summed E-state index contributed by atoms with van der Waals surface area (Å²) in [6, 6.07) is 0. The van der Waals surface area contributed by atoms with Crippen LogP contribution in [0.25, 0.3) is 4.96 Å². The molecule has 1 aliphatic rings. The Morgan fingerprint density at radius 1 is 1.29 bits per heavy atom. The lowest BCUT2D eigenvalue weighted by Gasteiger charge is -2.24. The van der Waals surface area contributed by atoms with E-state index in [-0.39, 0.29) is 5.54 Å². The van der Waals surface area contributed by atoms with E-state index in [0.29, 0.717) is 0 Å². The fraction of sp³-hybridized carbons (Fsp3) is 0.667. The van der Waals surface area contributed by atoms with Gasteiger partial charge in [-0.2, -0.15) is 11.8 Å². The zero-order chi connectivity index (χ0) is 14.9. The van der Waals surface area contributed by atoms with E-state index in [9.17, 15) is 0 Å². The van der Waals surface area contributed by atoms with Gasteiger partial charge in [0.05, 0.1) is 5.69 Å². The molecule has 0 amide bonds. The molecule has 0 saturated carbocycles. The van der Waals surface area contributed by atoms with Gasteiger partial charge in [0.2, 0.25) is 0 Å². The molecule has 2 aromatic heterocycles. The molecule has 3 heterocycles. The lowest BCUT2D eigenvalue weighted by atomic mass is 10.1. The topological polar surface area (TPSA) is 32.6 Å². The Labute approximate surface area is 134 Å². The molecule has 0 aliphatic carbocycles. The second kappa shape index (κ2) is 6.18.